The van der Waals surface area contributed by atoms with Gasteiger partial charge in [0.1, 0.15) is 0 Å². The number of anilines is 3. The maximum Gasteiger partial charge on any atom is 0.0713 e. The van der Waals surface area contributed by atoms with Crippen LogP contribution in [0.1, 0.15) is 22.3 Å². The Hall–Kier alpha value is -7.00. The van der Waals surface area contributed by atoms with Gasteiger partial charge in [0, 0.05) is 37.2 Å². The predicted octanol–water partition coefficient (Wildman–Crippen LogP) is 15.2. The minimum absolute atomic E-state index is 0.446. The van der Waals surface area contributed by atoms with Crippen LogP contribution in [0.3, 0.4) is 0 Å². The van der Waals surface area contributed by atoms with E-state index in [0.717, 1.165) is 17.1 Å². The van der Waals surface area contributed by atoms with Crippen molar-refractivity contribution < 1.29 is 0 Å². The van der Waals surface area contributed by atoms with Crippen LogP contribution < -0.4 is 4.90 Å². The van der Waals surface area contributed by atoms with E-state index in [1.807, 2.05) is 11.3 Å². The summed E-state index contributed by atoms with van der Waals surface area (Å²) in [6.45, 7) is 0. The van der Waals surface area contributed by atoms with Gasteiger partial charge in [0.25, 0.3) is 0 Å². The molecule has 0 unspecified atom stereocenters. The Morgan fingerprint density at radius 2 is 0.842 bits per heavy atom. The van der Waals surface area contributed by atoms with Crippen molar-refractivity contribution in [1.29, 1.82) is 0 Å². The minimum Gasteiger partial charge on any atom is -0.310 e. The summed E-state index contributed by atoms with van der Waals surface area (Å²) in [4.78, 5) is 2.40. The van der Waals surface area contributed by atoms with E-state index in [4.69, 9.17) is 0 Å². The van der Waals surface area contributed by atoms with E-state index >= 15 is 0 Å². The number of rotatable bonds is 7. The highest BCUT2D eigenvalue weighted by atomic mass is 32.1. The molecule has 0 fully saturated rings. The normalized spacial score (nSPS) is 12.7. The highest BCUT2D eigenvalue weighted by molar-refractivity contribution is 7.26. The molecule has 0 atom stereocenters. The number of hydrogen-bond donors (Lipinski definition) is 0. The van der Waals surface area contributed by atoms with Gasteiger partial charge in [-0.25, -0.2) is 0 Å². The summed E-state index contributed by atoms with van der Waals surface area (Å²) in [5.74, 6) is 0. The monoisotopic (exact) mass is 743 g/mol. The number of hydrogen-bond acceptors (Lipinski definition) is 2. The number of nitrogens with zero attached hydrogens (tertiary/aromatic N) is 1. The fourth-order valence-electron chi connectivity index (χ4n) is 9.24. The summed E-state index contributed by atoms with van der Waals surface area (Å²) >= 11 is 1.88. The van der Waals surface area contributed by atoms with Crippen LogP contribution in [0.2, 0.25) is 0 Å². The third-order valence-corrected chi connectivity index (χ3v) is 13.0. The van der Waals surface area contributed by atoms with Crippen molar-refractivity contribution >= 4 is 48.6 Å². The van der Waals surface area contributed by atoms with Crippen molar-refractivity contribution in [2.45, 2.75) is 5.41 Å². The van der Waals surface area contributed by atoms with Crippen molar-refractivity contribution in [3.05, 3.63) is 247 Å². The molecule has 2 heteroatoms. The highest BCUT2D eigenvalue weighted by Crippen LogP contribution is 2.56. The molecule has 10 aromatic rings. The molecule has 0 saturated heterocycles. The zero-order valence-electron chi connectivity index (χ0n) is 31.2. The van der Waals surface area contributed by atoms with Gasteiger partial charge in [0.15, 0.2) is 0 Å². The first-order chi connectivity index (χ1) is 28.3. The van der Waals surface area contributed by atoms with E-state index in [9.17, 15) is 0 Å². The lowest BCUT2D eigenvalue weighted by molar-refractivity contribution is 0.768. The van der Waals surface area contributed by atoms with E-state index in [0.29, 0.717) is 0 Å². The summed E-state index contributed by atoms with van der Waals surface area (Å²) in [7, 11) is 0. The van der Waals surface area contributed by atoms with Gasteiger partial charge >= 0.3 is 0 Å². The third-order valence-electron chi connectivity index (χ3n) is 11.8. The average molecular weight is 744 g/mol. The van der Waals surface area contributed by atoms with Crippen LogP contribution in [0.15, 0.2) is 224 Å². The van der Waals surface area contributed by atoms with Gasteiger partial charge in [-0.1, -0.05) is 182 Å². The van der Waals surface area contributed by atoms with Gasteiger partial charge in [0.2, 0.25) is 0 Å². The summed E-state index contributed by atoms with van der Waals surface area (Å²) < 4.78 is 2.64. The van der Waals surface area contributed by atoms with E-state index in [-0.39, 0.29) is 0 Å². The summed E-state index contributed by atoms with van der Waals surface area (Å²) in [5, 5.41) is 2.63. The molecule has 0 bridgehead atoms. The van der Waals surface area contributed by atoms with Crippen molar-refractivity contribution in [2.24, 2.45) is 0 Å². The Bertz CT molecular complexity index is 3010. The number of benzene rings is 9. The van der Waals surface area contributed by atoms with Crippen molar-refractivity contribution in [2.75, 3.05) is 4.90 Å². The van der Waals surface area contributed by atoms with Crippen molar-refractivity contribution in [3.8, 4) is 33.4 Å². The molecule has 1 heterocycles. The maximum absolute atomic E-state index is 2.40. The smallest absolute Gasteiger partial charge is 0.0713 e. The average Bonchev–Trinajstić information content (AvgIpc) is 3.82. The van der Waals surface area contributed by atoms with Crippen LogP contribution in [-0.2, 0) is 5.41 Å². The van der Waals surface area contributed by atoms with Crippen molar-refractivity contribution in [1.82, 2.24) is 0 Å². The Morgan fingerprint density at radius 1 is 0.333 bits per heavy atom. The first-order valence-electron chi connectivity index (χ1n) is 19.6. The Morgan fingerprint density at radius 3 is 1.56 bits per heavy atom. The second-order valence-electron chi connectivity index (χ2n) is 14.8. The van der Waals surface area contributed by atoms with Crippen LogP contribution in [0, 0.1) is 0 Å². The first kappa shape index (κ1) is 33.3. The second-order valence-corrected chi connectivity index (χ2v) is 15.9. The van der Waals surface area contributed by atoms with Crippen molar-refractivity contribution in [3.63, 3.8) is 0 Å². The Labute approximate surface area is 337 Å². The maximum atomic E-state index is 2.40. The molecule has 1 aliphatic rings. The van der Waals surface area contributed by atoms with Gasteiger partial charge < -0.3 is 4.90 Å². The molecule has 11 rings (SSSR count). The van der Waals surface area contributed by atoms with Gasteiger partial charge in [-0.15, -0.1) is 11.3 Å². The molecule has 0 N–H and O–H groups in total. The molecular weight excluding hydrogens is 707 g/mol. The Kier molecular flexibility index (Phi) is 7.98. The predicted molar refractivity (Wildman–Crippen MR) is 242 cm³/mol. The lowest BCUT2D eigenvalue weighted by Gasteiger charge is -2.34. The highest BCUT2D eigenvalue weighted by Gasteiger charge is 2.45. The molecule has 1 nitrogen and oxygen atoms in total. The zero-order valence-corrected chi connectivity index (χ0v) is 32.0. The van der Waals surface area contributed by atoms with Gasteiger partial charge in [0.05, 0.1) is 5.41 Å². The lowest BCUT2D eigenvalue weighted by Crippen LogP contribution is -2.28. The Balaban J connectivity index is 1.08. The van der Waals surface area contributed by atoms with E-state index in [1.54, 1.807) is 0 Å². The largest absolute Gasteiger partial charge is 0.310 e. The van der Waals surface area contributed by atoms with E-state index in [1.165, 1.54) is 75.8 Å². The number of fused-ring (bicyclic) bond motifs is 6. The molecule has 57 heavy (non-hydrogen) atoms. The van der Waals surface area contributed by atoms with E-state index in [2.05, 4.69) is 229 Å². The molecule has 0 radical (unpaired) electrons. The molecule has 9 aromatic carbocycles. The molecule has 1 aromatic heterocycles. The SMILES string of the molecule is c1ccc(-c2ccc(N(c3ccc(C4(c5ccccc5)c5ccccc5-c5ccccc54)cc3)c3cccc(-c4cccc5c4sc4ccccc45)c3)cc2)cc1. The third kappa shape index (κ3) is 5.37. The topological polar surface area (TPSA) is 3.24 Å². The van der Waals surface area contributed by atoms with Gasteiger partial charge in [-0.2, -0.15) is 0 Å². The van der Waals surface area contributed by atoms with Crippen LogP contribution >= 0.6 is 11.3 Å². The quantitative estimate of drug-likeness (QED) is 0.157. The molecule has 0 saturated carbocycles. The lowest BCUT2D eigenvalue weighted by atomic mass is 9.68. The van der Waals surface area contributed by atoms with Crippen LogP contribution in [0.4, 0.5) is 17.1 Å². The van der Waals surface area contributed by atoms with E-state index < -0.39 is 5.41 Å². The number of thiophene rings is 1. The molecular formula is C55H37NS. The fraction of sp³-hybridized carbons (Fsp3) is 0.0182. The van der Waals surface area contributed by atoms with Crippen LogP contribution in [-0.4, -0.2) is 0 Å². The molecule has 1 aliphatic carbocycles. The van der Waals surface area contributed by atoms with Gasteiger partial charge in [-0.3, -0.25) is 0 Å². The summed E-state index contributed by atoms with van der Waals surface area (Å²) in [6.07, 6.45) is 0. The summed E-state index contributed by atoms with van der Waals surface area (Å²) in [5.41, 5.74) is 15.5. The molecule has 0 amide bonds. The minimum atomic E-state index is -0.446. The van der Waals surface area contributed by atoms with Crippen LogP contribution in [0.5, 0.6) is 0 Å². The first-order valence-corrected chi connectivity index (χ1v) is 20.4. The molecule has 268 valence electrons. The summed E-state index contributed by atoms with van der Waals surface area (Å²) in [6, 6.07) is 82.4. The molecule has 0 spiro atoms. The fourth-order valence-corrected chi connectivity index (χ4v) is 10.5. The van der Waals surface area contributed by atoms with Gasteiger partial charge in [-0.05, 0) is 98.1 Å². The second kappa shape index (κ2) is 13.6. The molecule has 0 aliphatic heterocycles. The zero-order chi connectivity index (χ0) is 37.8. The standard InChI is InChI=1S/C55H37NS/c1-3-15-38(16-4-1)39-29-33-43(34-30-39)56(45-20-13-17-40(37-45)46-24-14-25-50-49-23-9-12-28-53(49)57-54(46)50)44-35-31-42(32-36-44)55(41-18-5-2-6-19-41)51-26-10-7-21-47(51)48-22-8-11-27-52(48)55/h1-37H. The van der Waals surface area contributed by atoms with Crippen LogP contribution in [0.25, 0.3) is 53.6 Å².